The van der Waals surface area contributed by atoms with Crippen LogP contribution in [0.5, 0.6) is 0 Å². The summed E-state index contributed by atoms with van der Waals surface area (Å²) in [5.74, 6) is -0.610. The van der Waals surface area contributed by atoms with Gasteiger partial charge in [-0.25, -0.2) is 9.79 Å². The van der Waals surface area contributed by atoms with E-state index >= 15 is 0 Å². The van der Waals surface area contributed by atoms with E-state index in [-0.39, 0.29) is 17.3 Å². The number of nitrogens with zero attached hydrogens (tertiary/aromatic N) is 2. The molecule has 0 saturated heterocycles. The van der Waals surface area contributed by atoms with Crippen molar-refractivity contribution in [3.63, 3.8) is 0 Å². The Morgan fingerprint density at radius 2 is 1.96 bits per heavy atom. The van der Waals surface area contributed by atoms with Crippen molar-refractivity contribution >= 4 is 46.8 Å². The summed E-state index contributed by atoms with van der Waals surface area (Å²) in [4.78, 5) is 26.3. The minimum Gasteiger partial charge on any atom is -0.402 e. The molecular formula is C16H8Cl2N2O4. The molecule has 1 aliphatic rings. The fraction of sp³-hybridized carbons (Fsp3) is 0. The van der Waals surface area contributed by atoms with Crippen LogP contribution in [0.3, 0.4) is 0 Å². The smallest absolute Gasteiger partial charge is 0.363 e. The van der Waals surface area contributed by atoms with Gasteiger partial charge in [-0.15, -0.1) is 0 Å². The lowest BCUT2D eigenvalue weighted by Gasteiger charge is -2.02. The van der Waals surface area contributed by atoms with E-state index in [1.807, 2.05) is 0 Å². The first kappa shape index (κ1) is 16.2. The molecule has 0 radical (unpaired) electrons. The number of non-ortho nitro benzene ring substituents is 1. The third-order valence-electron chi connectivity index (χ3n) is 3.17. The van der Waals surface area contributed by atoms with E-state index in [2.05, 4.69) is 4.99 Å². The van der Waals surface area contributed by atoms with Crippen LogP contribution in [0.25, 0.3) is 6.08 Å². The number of cyclic esters (lactones) is 1. The molecule has 0 aliphatic carbocycles. The molecule has 0 N–H and O–H groups in total. The van der Waals surface area contributed by atoms with Crippen molar-refractivity contribution in [2.24, 2.45) is 4.99 Å². The van der Waals surface area contributed by atoms with Gasteiger partial charge in [-0.2, -0.15) is 0 Å². The average molecular weight is 363 g/mol. The topological polar surface area (TPSA) is 81.8 Å². The molecule has 120 valence electrons. The number of nitro groups is 1. The van der Waals surface area contributed by atoms with E-state index in [1.54, 1.807) is 18.2 Å². The fourth-order valence-electron chi connectivity index (χ4n) is 2.07. The van der Waals surface area contributed by atoms with Crippen molar-refractivity contribution in [1.82, 2.24) is 0 Å². The van der Waals surface area contributed by atoms with Crippen molar-refractivity contribution in [2.75, 3.05) is 0 Å². The van der Waals surface area contributed by atoms with Crippen LogP contribution in [0.1, 0.15) is 11.1 Å². The van der Waals surface area contributed by atoms with Crippen LogP contribution < -0.4 is 0 Å². The molecule has 0 aromatic heterocycles. The summed E-state index contributed by atoms with van der Waals surface area (Å²) in [6.45, 7) is 0. The Labute approximate surface area is 146 Å². The second-order valence-electron chi connectivity index (χ2n) is 4.81. The Kier molecular flexibility index (Phi) is 4.33. The monoisotopic (exact) mass is 362 g/mol. The molecule has 0 fully saturated rings. The number of hydrogen-bond acceptors (Lipinski definition) is 5. The van der Waals surface area contributed by atoms with Gasteiger partial charge in [0.2, 0.25) is 5.90 Å². The van der Waals surface area contributed by atoms with Crippen molar-refractivity contribution in [1.29, 1.82) is 0 Å². The van der Waals surface area contributed by atoms with E-state index in [0.29, 0.717) is 21.2 Å². The largest absolute Gasteiger partial charge is 0.402 e. The second-order valence-corrected chi connectivity index (χ2v) is 5.66. The molecule has 6 nitrogen and oxygen atoms in total. The Hall–Kier alpha value is -2.70. The van der Waals surface area contributed by atoms with Gasteiger partial charge in [0.05, 0.1) is 15.5 Å². The minimum atomic E-state index is -0.664. The van der Waals surface area contributed by atoms with Crippen LogP contribution >= 0.6 is 23.2 Å². The molecule has 3 rings (SSSR count). The van der Waals surface area contributed by atoms with Crippen LogP contribution in [0.2, 0.25) is 10.0 Å². The molecule has 8 heteroatoms. The third-order valence-corrected chi connectivity index (χ3v) is 3.71. The lowest BCUT2D eigenvalue weighted by molar-refractivity contribution is -0.384. The van der Waals surface area contributed by atoms with Crippen molar-refractivity contribution in [2.45, 2.75) is 0 Å². The zero-order valence-electron chi connectivity index (χ0n) is 11.9. The molecule has 0 atom stereocenters. The SMILES string of the molecule is O=C1OC(c2ccc(Cl)cc2Cl)=N/C1=C\c1cccc([N+](=O)[O-])c1. The van der Waals surface area contributed by atoms with Gasteiger partial charge in [0.25, 0.3) is 5.69 Å². The van der Waals surface area contributed by atoms with Gasteiger partial charge in [0.1, 0.15) is 0 Å². The van der Waals surface area contributed by atoms with Gasteiger partial charge in [0, 0.05) is 17.2 Å². The number of nitro benzene ring substituents is 1. The molecule has 24 heavy (non-hydrogen) atoms. The highest BCUT2D eigenvalue weighted by atomic mass is 35.5. The van der Waals surface area contributed by atoms with Gasteiger partial charge in [-0.3, -0.25) is 10.1 Å². The van der Waals surface area contributed by atoms with Crippen LogP contribution in [-0.2, 0) is 9.53 Å². The van der Waals surface area contributed by atoms with Crippen LogP contribution in [0.4, 0.5) is 5.69 Å². The number of carbonyl (C=O) groups excluding carboxylic acids is 1. The molecule has 1 aliphatic heterocycles. The molecule has 0 bridgehead atoms. The Morgan fingerprint density at radius 1 is 1.17 bits per heavy atom. The van der Waals surface area contributed by atoms with E-state index in [1.165, 1.54) is 30.3 Å². The first-order chi connectivity index (χ1) is 11.4. The Balaban J connectivity index is 1.97. The molecule has 0 spiro atoms. The van der Waals surface area contributed by atoms with Crippen LogP contribution in [-0.4, -0.2) is 16.8 Å². The lowest BCUT2D eigenvalue weighted by atomic mass is 10.1. The van der Waals surface area contributed by atoms with E-state index in [0.717, 1.165) is 0 Å². The maximum absolute atomic E-state index is 12.0. The summed E-state index contributed by atoms with van der Waals surface area (Å²) in [5.41, 5.74) is 0.831. The van der Waals surface area contributed by atoms with E-state index in [4.69, 9.17) is 27.9 Å². The third kappa shape index (κ3) is 3.29. The van der Waals surface area contributed by atoms with Gasteiger partial charge in [-0.05, 0) is 29.8 Å². The maximum atomic E-state index is 12.0. The molecular weight excluding hydrogens is 355 g/mol. The number of carbonyl (C=O) groups is 1. The summed E-state index contributed by atoms with van der Waals surface area (Å²) < 4.78 is 5.11. The van der Waals surface area contributed by atoms with Gasteiger partial charge >= 0.3 is 5.97 Å². The minimum absolute atomic E-state index is 0.0246. The van der Waals surface area contributed by atoms with Gasteiger partial charge in [-0.1, -0.05) is 35.3 Å². The first-order valence-electron chi connectivity index (χ1n) is 6.66. The summed E-state index contributed by atoms with van der Waals surface area (Å²) in [7, 11) is 0. The summed E-state index contributed by atoms with van der Waals surface area (Å²) in [6, 6.07) is 10.5. The summed E-state index contributed by atoms with van der Waals surface area (Å²) >= 11 is 11.9. The van der Waals surface area contributed by atoms with Crippen molar-refractivity contribution in [3.8, 4) is 0 Å². The molecule has 2 aromatic rings. The average Bonchev–Trinajstić information content (AvgIpc) is 2.88. The lowest BCUT2D eigenvalue weighted by Crippen LogP contribution is -2.05. The maximum Gasteiger partial charge on any atom is 0.363 e. The standard InChI is InChI=1S/C16H8Cl2N2O4/c17-10-4-5-12(13(18)8-10)15-19-14(16(21)24-15)7-9-2-1-3-11(6-9)20(22)23/h1-8H/b14-7-. The molecule has 1 heterocycles. The fourth-order valence-corrected chi connectivity index (χ4v) is 2.56. The zero-order chi connectivity index (χ0) is 17.3. The molecule has 2 aromatic carbocycles. The Morgan fingerprint density at radius 3 is 2.67 bits per heavy atom. The van der Waals surface area contributed by atoms with Gasteiger partial charge < -0.3 is 4.74 Å². The van der Waals surface area contributed by atoms with Gasteiger partial charge in [0.15, 0.2) is 5.70 Å². The normalized spacial score (nSPS) is 15.3. The quantitative estimate of drug-likeness (QED) is 0.353. The Bertz CT molecular complexity index is 922. The highest BCUT2D eigenvalue weighted by molar-refractivity contribution is 6.37. The number of rotatable bonds is 3. The molecule has 0 unspecified atom stereocenters. The number of halogens is 2. The van der Waals surface area contributed by atoms with Crippen molar-refractivity contribution in [3.05, 3.63) is 79.4 Å². The zero-order valence-corrected chi connectivity index (χ0v) is 13.4. The number of benzene rings is 2. The highest BCUT2D eigenvalue weighted by Gasteiger charge is 2.25. The van der Waals surface area contributed by atoms with Crippen LogP contribution in [0, 0.1) is 10.1 Å². The first-order valence-corrected chi connectivity index (χ1v) is 7.42. The predicted molar refractivity (Wildman–Crippen MR) is 90.2 cm³/mol. The molecule has 0 amide bonds. The molecule has 0 saturated carbocycles. The number of ether oxygens (including phenoxy) is 1. The van der Waals surface area contributed by atoms with E-state index < -0.39 is 10.9 Å². The summed E-state index contributed by atoms with van der Waals surface area (Å²) in [5, 5.41) is 11.5. The van der Waals surface area contributed by atoms with Crippen molar-refractivity contribution < 1.29 is 14.5 Å². The second kappa shape index (κ2) is 6.43. The number of hydrogen-bond donors (Lipinski definition) is 0. The number of aliphatic imine (C=N–C) groups is 1. The summed E-state index contributed by atoms with van der Waals surface area (Å²) in [6.07, 6.45) is 1.41. The highest BCUT2D eigenvalue weighted by Crippen LogP contribution is 2.26. The van der Waals surface area contributed by atoms with E-state index in [9.17, 15) is 14.9 Å². The van der Waals surface area contributed by atoms with Crippen LogP contribution in [0.15, 0.2) is 53.2 Å². The number of esters is 1. The predicted octanol–water partition coefficient (Wildman–Crippen LogP) is 4.25.